The summed E-state index contributed by atoms with van der Waals surface area (Å²) in [5.41, 5.74) is 2.94. The molecule has 0 fully saturated rings. The van der Waals surface area contributed by atoms with Crippen molar-refractivity contribution in [2.75, 3.05) is 11.9 Å². The topological polar surface area (TPSA) is 50.7 Å². The Morgan fingerprint density at radius 2 is 1.94 bits per heavy atom. The van der Waals surface area contributed by atoms with Crippen molar-refractivity contribution < 1.29 is 0 Å². The SMILES string of the molecule is CC(C)=CCNc1nnc2ccccc2n1. The molecule has 0 amide bonds. The van der Waals surface area contributed by atoms with Crippen molar-refractivity contribution >= 4 is 17.0 Å². The van der Waals surface area contributed by atoms with Crippen molar-refractivity contribution in [3.05, 3.63) is 35.9 Å². The quantitative estimate of drug-likeness (QED) is 0.797. The number of para-hydroxylation sites is 1. The maximum atomic E-state index is 4.36. The molecule has 82 valence electrons. The summed E-state index contributed by atoms with van der Waals surface area (Å²) in [6.07, 6.45) is 2.08. The van der Waals surface area contributed by atoms with E-state index in [2.05, 4.69) is 40.4 Å². The molecule has 1 aromatic carbocycles. The second kappa shape index (κ2) is 4.70. The van der Waals surface area contributed by atoms with Crippen LogP contribution in [0.2, 0.25) is 0 Å². The van der Waals surface area contributed by atoms with Crippen LogP contribution in [0.25, 0.3) is 11.0 Å². The Labute approximate surface area is 94.4 Å². The molecule has 16 heavy (non-hydrogen) atoms. The summed E-state index contributed by atoms with van der Waals surface area (Å²) in [5.74, 6) is 0.566. The van der Waals surface area contributed by atoms with E-state index >= 15 is 0 Å². The molecule has 1 N–H and O–H groups in total. The van der Waals surface area contributed by atoms with Gasteiger partial charge in [0.2, 0.25) is 5.95 Å². The summed E-state index contributed by atoms with van der Waals surface area (Å²) in [6.45, 7) is 4.84. The van der Waals surface area contributed by atoms with Crippen LogP contribution < -0.4 is 5.32 Å². The third-order valence-electron chi connectivity index (χ3n) is 2.13. The first kappa shape index (κ1) is 10.5. The number of hydrogen-bond acceptors (Lipinski definition) is 4. The summed E-state index contributed by atoms with van der Waals surface area (Å²) in [5, 5.41) is 11.2. The van der Waals surface area contributed by atoms with Gasteiger partial charge in [-0.1, -0.05) is 23.8 Å². The van der Waals surface area contributed by atoms with Crippen molar-refractivity contribution in [1.82, 2.24) is 15.2 Å². The summed E-state index contributed by atoms with van der Waals surface area (Å²) >= 11 is 0. The Morgan fingerprint density at radius 1 is 1.19 bits per heavy atom. The number of nitrogens with one attached hydrogen (secondary N) is 1. The number of allylic oxidation sites excluding steroid dienone is 1. The Bertz CT molecular complexity index is 515. The van der Waals surface area contributed by atoms with Crippen molar-refractivity contribution in [2.24, 2.45) is 0 Å². The van der Waals surface area contributed by atoms with Crippen molar-refractivity contribution in [1.29, 1.82) is 0 Å². The van der Waals surface area contributed by atoms with Crippen molar-refractivity contribution in [3.63, 3.8) is 0 Å². The van der Waals surface area contributed by atoms with Gasteiger partial charge < -0.3 is 5.32 Å². The highest BCUT2D eigenvalue weighted by molar-refractivity contribution is 5.73. The summed E-state index contributed by atoms with van der Waals surface area (Å²) < 4.78 is 0. The van der Waals surface area contributed by atoms with E-state index in [0.29, 0.717) is 5.95 Å². The Hall–Kier alpha value is -1.97. The van der Waals surface area contributed by atoms with E-state index < -0.39 is 0 Å². The van der Waals surface area contributed by atoms with E-state index in [0.717, 1.165) is 17.6 Å². The van der Waals surface area contributed by atoms with Gasteiger partial charge in [-0.05, 0) is 26.0 Å². The first-order chi connectivity index (χ1) is 7.75. The molecule has 0 unspecified atom stereocenters. The zero-order valence-corrected chi connectivity index (χ0v) is 9.44. The number of aromatic nitrogens is 3. The predicted molar refractivity (Wildman–Crippen MR) is 65.3 cm³/mol. The third kappa shape index (κ3) is 2.53. The fourth-order valence-corrected chi connectivity index (χ4v) is 1.30. The average Bonchev–Trinajstić information content (AvgIpc) is 2.28. The number of nitrogens with zero attached hydrogens (tertiary/aromatic N) is 3. The smallest absolute Gasteiger partial charge is 0.243 e. The maximum absolute atomic E-state index is 4.36. The van der Waals surface area contributed by atoms with Gasteiger partial charge in [-0.15, -0.1) is 10.2 Å². The summed E-state index contributed by atoms with van der Waals surface area (Å²) in [4.78, 5) is 4.36. The molecular weight excluding hydrogens is 200 g/mol. The Balaban J connectivity index is 2.16. The molecule has 0 bridgehead atoms. The lowest BCUT2D eigenvalue weighted by molar-refractivity contribution is 1.01. The highest BCUT2D eigenvalue weighted by Gasteiger charge is 1.98. The normalized spacial score (nSPS) is 10.1. The van der Waals surface area contributed by atoms with Gasteiger partial charge in [0.1, 0.15) is 5.52 Å². The van der Waals surface area contributed by atoms with Crippen LogP contribution in [0.3, 0.4) is 0 Å². The van der Waals surface area contributed by atoms with Gasteiger partial charge in [-0.3, -0.25) is 0 Å². The number of rotatable bonds is 3. The number of hydrogen-bond donors (Lipinski definition) is 1. The van der Waals surface area contributed by atoms with Crippen molar-refractivity contribution in [3.8, 4) is 0 Å². The lowest BCUT2D eigenvalue weighted by Gasteiger charge is -2.01. The maximum Gasteiger partial charge on any atom is 0.243 e. The van der Waals surface area contributed by atoms with Crippen LogP contribution in [-0.4, -0.2) is 21.7 Å². The average molecular weight is 214 g/mol. The number of fused-ring (bicyclic) bond motifs is 1. The molecule has 0 aliphatic carbocycles. The predicted octanol–water partition coefficient (Wildman–Crippen LogP) is 2.40. The van der Waals surface area contributed by atoms with Gasteiger partial charge in [0.25, 0.3) is 0 Å². The minimum absolute atomic E-state index is 0.566. The van der Waals surface area contributed by atoms with Gasteiger partial charge in [0.15, 0.2) is 0 Å². The van der Waals surface area contributed by atoms with E-state index in [9.17, 15) is 0 Å². The van der Waals surface area contributed by atoms with Crippen LogP contribution >= 0.6 is 0 Å². The largest absolute Gasteiger partial charge is 0.349 e. The van der Waals surface area contributed by atoms with Crippen LogP contribution in [0, 0.1) is 0 Å². The van der Waals surface area contributed by atoms with Crippen molar-refractivity contribution in [2.45, 2.75) is 13.8 Å². The van der Waals surface area contributed by atoms with Gasteiger partial charge in [0, 0.05) is 6.54 Å². The highest BCUT2D eigenvalue weighted by atomic mass is 15.2. The van der Waals surface area contributed by atoms with E-state index in [4.69, 9.17) is 0 Å². The summed E-state index contributed by atoms with van der Waals surface area (Å²) in [6, 6.07) is 7.69. The van der Waals surface area contributed by atoms with E-state index in [1.165, 1.54) is 5.57 Å². The van der Waals surface area contributed by atoms with Gasteiger partial charge >= 0.3 is 0 Å². The van der Waals surface area contributed by atoms with Gasteiger partial charge in [0.05, 0.1) is 5.52 Å². The molecule has 1 aromatic heterocycles. The molecule has 0 aliphatic heterocycles. The highest BCUT2D eigenvalue weighted by Crippen LogP contribution is 2.08. The van der Waals surface area contributed by atoms with Crippen LogP contribution in [0.15, 0.2) is 35.9 Å². The van der Waals surface area contributed by atoms with E-state index in [1.54, 1.807) is 0 Å². The van der Waals surface area contributed by atoms with Crippen LogP contribution in [0.4, 0.5) is 5.95 Å². The monoisotopic (exact) mass is 214 g/mol. The molecule has 1 heterocycles. The lowest BCUT2D eigenvalue weighted by atomic mass is 10.3. The molecule has 0 aliphatic rings. The van der Waals surface area contributed by atoms with Crippen LogP contribution in [0.5, 0.6) is 0 Å². The standard InChI is InChI=1S/C12H14N4/c1-9(2)7-8-13-12-14-10-5-3-4-6-11(10)15-16-12/h3-7H,8H2,1-2H3,(H,13,14,16). The fourth-order valence-electron chi connectivity index (χ4n) is 1.30. The van der Waals surface area contributed by atoms with Crippen LogP contribution in [-0.2, 0) is 0 Å². The van der Waals surface area contributed by atoms with E-state index in [1.807, 2.05) is 24.3 Å². The molecule has 2 aromatic rings. The second-order valence-electron chi connectivity index (χ2n) is 3.79. The zero-order valence-electron chi connectivity index (χ0n) is 9.44. The molecule has 0 radical (unpaired) electrons. The van der Waals surface area contributed by atoms with E-state index in [-0.39, 0.29) is 0 Å². The molecule has 0 spiro atoms. The number of benzene rings is 1. The van der Waals surface area contributed by atoms with Gasteiger partial charge in [-0.25, -0.2) is 4.98 Å². The molecule has 4 heteroatoms. The molecule has 0 atom stereocenters. The molecule has 0 saturated heterocycles. The van der Waals surface area contributed by atoms with Crippen LogP contribution in [0.1, 0.15) is 13.8 Å². The molecule has 4 nitrogen and oxygen atoms in total. The minimum atomic E-state index is 0.566. The molecule has 0 saturated carbocycles. The lowest BCUT2D eigenvalue weighted by Crippen LogP contribution is -2.04. The molecule has 2 rings (SSSR count). The Kier molecular flexibility index (Phi) is 3.10. The Morgan fingerprint density at radius 3 is 2.69 bits per heavy atom. The first-order valence-corrected chi connectivity index (χ1v) is 5.22. The summed E-state index contributed by atoms with van der Waals surface area (Å²) in [7, 11) is 0. The first-order valence-electron chi connectivity index (χ1n) is 5.22. The second-order valence-corrected chi connectivity index (χ2v) is 3.79. The minimum Gasteiger partial charge on any atom is -0.349 e. The molecular formula is C12H14N4. The number of anilines is 1. The fraction of sp³-hybridized carbons (Fsp3) is 0.250. The third-order valence-corrected chi connectivity index (χ3v) is 2.13. The van der Waals surface area contributed by atoms with Gasteiger partial charge in [-0.2, -0.15) is 0 Å². The zero-order chi connectivity index (χ0) is 11.4.